The summed E-state index contributed by atoms with van der Waals surface area (Å²) in [6.07, 6.45) is 0. The van der Waals surface area contributed by atoms with Gasteiger partial charge in [-0.15, -0.1) is 0 Å². The number of carbonyl (C=O) groups is 4. The zero-order valence-corrected chi connectivity index (χ0v) is 21.7. The van der Waals surface area contributed by atoms with Gasteiger partial charge in [0.25, 0.3) is 0 Å². The summed E-state index contributed by atoms with van der Waals surface area (Å²) in [5, 5.41) is 0.445. The van der Waals surface area contributed by atoms with Gasteiger partial charge in [-0.2, -0.15) is 0 Å². The first-order chi connectivity index (χ1) is 17.3. The molecule has 0 saturated heterocycles. The molecule has 0 fully saturated rings. The van der Waals surface area contributed by atoms with Crippen molar-refractivity contribution in [2.24, 2.45) is 0 Å². The van der Waals surface area contributed by atoms with Gasteiger partial charge in [0.2, 0.25) is 0 Å². The van der Waals surface area contributed by atoms with Crippen LogP contribution >= 0.6 is 31.9 Å². The molecule has 0 aliphatic heterocycles. The van der Waals surface area contributed by atoms with Gasteiger partial charge in [-0.3, -0.25) is 9.59 Å². The fraction of sp³-hybridized carbons (Fsp3) is 0.0741. The average molecular weight is 611 g/mol. The molecule has 7 nitrogen and oxygen atoms in total. The number of ether oxygens (including phenoxy) is 2. The third kappa shape index (κ3) is 6.10. The number of carbonyl (C=O) groups excluding carboxylic acids is 4. The van der Waals surface area contributed by atoms with Gasteiger partial charge in [-0.05, 0) is 36.4 Å². The fourth-order valence-electron chi connectivity index (χ4n) is 3.30. The third-order valence-electron chi connectivity index (χ3n) is 5.15. The van der Waals surface area contributed by atoms with E-state index in [4.69, 9.17) is 9.47 Å². The van der Waals surface area contributed by atoms with Crippen molar-refractivity contribution in [3.05, 3.63) is 110 Å². The molecule has 0 bridgehead atoms. The molecule has 4 rings (SSSR count). The zero-order chi connectivity index (χ0) is 25.7. The Morgan fingerprint density at radius 3 is 1.72 bits per heavy atom. The smallest absolute Gasteiger partial charge is 0.357 e. The highest BCUT2D eigenvalue weighted by molar-refractivity contribution is 9.10. The number of esters is 2. The van der Waals surface area contributed by atoms with Crippen LogP contribution in [0.4, 0.5) is 0 Å². The predicted octanol–water partition coefficient (Wildman–Crippen LogP) is 5.84. The van der Waals surface area contributed by atoms with Crippen molar-refractivity contribution in [2.45, 2.75) is 0 Å². The highest BCUT2D eigenvalue weighted by Gasteiger charge is 2.20. The molecule has 0 aliphatic rings. The van der Waals surface area contributed by atoms with E-state index in [-0.39, 0.29) is 22.8 Å². The minimum atomic E-state index is -0.869. The lowest BCUT2D eigenvalue weighted by molar-refractivity contribution is 0.0465. The van der Waals surface area contributed by atoms with Crippen molar-refractivity contribution in [3.63, 3.8) is 0 Å². The van der Waals surface area contributed by atoms with Crippen molar-refractivity contribution in [1.29, 1.82) is 0 Å². The van der Waals surface area contributed by atoms with Crippen LogP contribution in [0.3, 0.4) is 0 Å². The van der Waals surface area contributed by atoms with Crippen LogP contribution in [-0.2, 0) is 9.47 Å². The Morgan fingerprint density at radius 2 is 1.17 bits per heavy atom. The Hall–Kier alpha value is -3.69. The third-order valence-corrected chi connectivity index (χ3v) is 6.20. The highest BCUT2D eigenvalue weighted by atomic mass is 79.9. The molecular weight excluding hydrogens is 594 g/mol. The normalized spacial score (nSPS) is 10.6. The molecule has 9 heteroatoms. The van der Waals surface area contributed by atoms with E-state index in [0.29, 0.717) is 22.0 Å². The Morgan fingerprint density at radius 1 is 0.667 bits per heavy atom. The Labute approximate surface area is 222 Å². The molecule has 0 amide bonds. The quantitative estimate of drug-likeness (QED) is 0.182. The number of fused-ring (bicyclic) bond motifs is 1. The van der Waals surface area contributed by atoms with Crippen LogP contribution in [-0.4, -0.2) is 41.7 Å². The van der Waals surface area contributed by atoms with E-state index in [2.05, 4.69) is 36.8 Å². The number of pyridine rings is 1. The van der Waals surface area contributed by atoms with Crippen molar-refractivity contribution >= 4 is 66.3 Å². The van der Waals surface area contributed by atoms with Gasteiger partial charge in [-0.25, -0.2) is 14.6 Å². The van der Waals surface area contributed by atoms with Gasteiger partial charge in [-0.1, -0.05) is 74.3 Å². The number of Topliss-reactive ketones (excluding diaryl/α,β-unsaturated/α-hetero) is 2. The molecule has 3 aromatic carbocycles. The SMILES string of the molecule is O=C(COC(=O)c1cc(C(=O)OCC(=O)c2ccc(Br)cc2)c2ccccc2n1)c1ccc(Br)cc1. The number of ketones is 2. The first-order valence-electron chi connectivity index (χ1n) is 10.6. The first kappa shape index (κ1) is 25.4. The second-order valence-corrected chi connectivity index (χ2v) is 9.42. The van der Waals surface area contributed by atoms with E-state index in [1.54, 1.807) is 72.8 Å². The van der Waals surface area contributed by atoms with Crippen molar-refractivity contribution in [2.75, 3.05) is 13.2 Å². The Balaban J connectivity index is 1.50. The lowest BCUT2D eigenvalue weighted by Gasteiger charge is -2.10. The largest absolute Gasteiger partial charge is 0.454 e. The van der Waals surface area contributed by atoms with Gasteiger partial charge in [0.05, 0.1) is 11.1 Å². The molecular formula is C27H17Br2NO6. The van der Waals surface area contributed by atoms with Crippen LogP contribution in [0, 0.1) is 0 Å². The van der Waals surface area contributed by atoms with E-state index in [1.165, 1.54) is 6.07 Å². The lowest BCUT2D eigenvalue weighted by atomic mass is 10.1. The molecule has 4 aromatic rings. The molecule has 0 aliphatic carbocycles. The van der Waals surface area contributed by atoms with Crippen LogP contribution in [0.2, 0.25) is 0 Å². The van der Waals surface area contributed by atoms with Crippen LogP contribution in [0.1, 0.15) is 41.6 Å². The van der Waals surface area contributed by atoms with Gasteiger partial charge < -0.3 is 9.47 Å². The van der Waals surface area contributed by atoms with Gasteiger partial charge in [0.1, 0.15) is 5.69 Å². The number of hydrogen-bond donors (Lipinski definition) is 0. The summed E-state index contributed by atoms with van der Waals surface area (Å²) in [6, 6.07) is 21.2. The molecule has 0 atom stereocenters. The molecule has 0 spiro atoms. The second-order valence-electron chi connectivity index (χ2n) is 7.58. The molecule has 36 heavy (non-hydrogen) atoms. The van der Waals surface area contributed by atoms with Crippen LogP contribution < -0.4 is 0 Å². The summed E-state index contributed by atoms with van der Waals surface area (Å²) in [5.74, 6) is -2.42. The summed E-state index contributed by atoms with van der Waals surface area (Å²) < 4.78 is 12.0. The molecule has 0 radical (unpaired) electrons. The summed E-state index contributed by atoms with van der Waals surface area (Å²) in [5.41, 5.74) is 1.03. The number of aromatic nitrogens is 1. The van der Waals surface area contributed by atoms with Crippen LogP contribution in [0.5, 0.6) is 0 Å². The Bertz CT molecular complexity index is 1470. The Kier molecular flexibility index (Phi) is 8.02. The summed E-state index contributed by atoms with van der Waals surface area (Å²) in [4.78, 5) is 54.6. The van der Waals surface area contributed by atoms with Gasteiger partial charge in [0.15, 0.2) is 24.8 Å². The number of para-hydroxylation sites is 1. The monoisotopic (exact) mass is 609 g/mol. The second kappa shape index (κ2) is 11.4. The van der Waals surface area contributed by atoms with Crippen molar-refractivity contribution < 1.29 is 28.7 Å². The van der Waals surface area contributed by atoms with Crippen molar-refractivity contribution in [1.82, 2.24) is 4.98 Å². The standard InChI is InChI=1S/C27H17Br2NO6/c28-18-9-5-16(6-10-18)24(31)14-35-26(33)21-13-23(30-22-4-2-1-3-20(21)22)27(34)36-15-25(32)17-7-11-19(29)12-8-17/h1-13H,14-15H2. The van der Waals surface area contributed by atoms with Gasteiger partial charge in [0, 0.05) is 25.5 Å². The maximum atomic E-state index is 12.9. The minimum absolute atomic E-state index is 0.0513. The summed E-state index contributed by atoms with van der Waals surface area (Å²) in [7, 11) is 0. The molecule has 1 heterocycles. The maximum Gasteiger partial charge on any atom is 0.357 e. The molecule has 180 valence electrons. The van der Waals surface area contributed by atoms with E-state index in [0.717, 1.165) is 8.95 Å². The molecule has 0 N–H and O–H groups in total. The zero-order valence-electron chi connectivity index (χ0n) is 18.6. The average Bonchev–Trinajstić information content (AvgIpc) is 2.90. The van der Waals surface area contributed by atoms with Crippen LogP contribution in [0.15, 0.2) is 87.8 Å². The number of nitrogens with zero attached hydrogens (tertiary/aromatic N) is 1. The van der Waals surface area contributed by atoms with E-state index >= 15 is 0 Å². The van der Waals surface area contributed by atoms with E-state index in [1.807, 2.05) is 0 Å². The lowest BCUT2D eigenvalue weighted by Crippen LogP contribution is -2.18. The predicted molar refractivity (Wildman–Crippen MR) is 139 cm³/mol. The van der Waals surface area contributed by atoms with E-state index in [9.17, 15) is 19.2 Å². The summed E-state index contributed by atoms with van der Waals surface area (Å²) in [6.45, 7) is -0.963. The van der Waals surface area contributed by atoms with Crippen LogP contribution in [0.25, 0.3) is 10.9 Å². The number of benzene rings is 3. The fourth-order valence-corrected chi connectivity index (χ4v) is 3.83. The van der Waals surface area contributed by atoms with E-state index < -0.39 is 25.2 Å². The highest BCUT2D eigenvalue weighted by Crippen LogP contribution is 2.21. The van der Waals surface area contributed by atoms with Gasteiger partial charge >= 0.3 is 11.9 Å². The maximum absolute atomic E-state index is 12.9. The minimum Gasteiger partial charge on any atom is -0.454 e. The molecule has 1 aromatic heterocycles. The number of halogens is 2. The summed E-state index contributed by atoms with van der Waals surface area (Å²) >= 11 is 6.60. The topological polar surface area (TPSA) is 99.6 Å². The molecule has 0 saturated carbocycles. The molecule has 0 unspecified atom stereocenters. The number of hydrogen-bond acceptors (Lipinski definition) is 7. The van der Waals surface area contributed by atoms with Crippen molar-refractivity contribution in [3.8, 4) is 0 Å². The first-order valence-corrected chi connectivity index (χ1v) is 12.2. The number of rotatable bonds is 8.